The summed E-state index contributed by atoms with van der Waals surface area (Å²) in [5.41, 5.74) is 0.881. The monoisotopic (exact) mass is 280 g/mol. The molecule has 0 amide bonds. The average Bonchev–Trinajstić information content (AvgIpc) is 2.46. The number of nitrogens with zero attached hydrogens (tertiary/aromatic N) is 1. The second kappa shape index (κ2) is 7.04. The van der Waals surface area contributed by atoms with Gasteiger partial charge in [0.2, 0.25) is 0 Å². The lowest BCUT2D eigenvalue weighted by atomic mass is 10.0. The fourth-order valence-electron chi connectivity index (χ4n) is 2.71. The van der Waals surface area contributed by atoms with Crippen LogP contribution in [-0.2, 0) is 0 Å². The van der Waals surface area contributed by atoms with Crippen molar-refractivity contribution in [3.05, 3.63) is 29.6 Å². The number of para-hydroxylation sites is 1. The number of likely N-dealkylation sites (tertiary alicyclic amines) is 1. The van der Waals surface area contributed by atoms with Crippen LogP contribution in [0.4, 0.5) is 4.39 Å². The molecule has 1 N–H and O–H groups in total. The van der Waals surface area contributed by atoms with Gasteiger partial charge in [-0.1, -0.05) is 18.6 Å². The van der Waals surface area contributed by atoms with Crippen LogP contribution in [0.3, 0.4) is 0 Å². The van der Waals surface area contributed by atoms with E-state index in [0.717, 1.165) is 18.5 Å². The lowest BCUT2D eigenvalue weighted by Crippen LogP contribution is -2.40. The Morgan fingerprint density at radius 2 is 2.25 bits per heavy atom. The van der Waals surface area contributed by atoms with Crippen LogP contribution < -0.4 is 10.1 Å². The average molecular weight is 280 g/mol. The molecule has 0 saturated carbocycles. The summed E-state index contributed by atoms with van der Waals surface area (Å²) in [5.74, 6) is 0.122. The summed E-state index contributed by atoms with van der Waals surface area (Å²) in [6.07, 6.45) is 3.60. The molecule has 20 heavy (non-hydrogen) atoms. The number of halogens is 1. The zero-order chi connectivity index (χ0) is 14.5. The number of benzene rings is 1. The van der Waals surface area contributed by atoms with Crippen LogP contribution in [0.1, 0.15) is 37.8 Å². The van der Waals surface area contributed by atoms with E-state index in [4.69, 9.17) is 4.74 Å². The van der Waals surface area contributed by atoms with Crippen molar-refractivity contribution in [3.8, 4) is 5.75 Å². The normalized spacial score (nSPS) is 21.7. The van der Waals surface area contributed by atoms with Crippen LogP contribution in [0.5, 0.6) is 5.75 Å². The van der Waals surface area contributed by atoms with Gasteiger partial charge in [0.05, 0.1) is 0 Å². The number of nitrogens with one attached hydrogen (secondary N) is 1. The van der Waals surface area contributed by atoms with Crippen molar-refractivity contribution in [1.29, 1.82) is 0 Å². The lowest BCUT2D eigenvalue weighted by molar-refractivity contribution is 0.122. The van der Waals surface area contributed by atoms with Gasteiger partial charge < -0.3 is 15.0 Å². The molecule has 4 heteroatoms. The molecule has 1 aliphatic heterocycles. The van der Waals surface area contributed by atoms with Gasteiger partial charge in [-0.3, -0.25) is 0 Å². The zero-order valence-electron chi connectivity index (χ0n) is 12.7. The molecule has 0 bridgehead atoms. The molecule has 1 aromatic carbocycles. The van der Waals surface area contributed by atoms with Gasteiger partial charge in [0.15, 0.2) is 11.6 Å². The zero-order valence-corrected chi connectivity index (χ0v) is 12.7. The molecule has 2 atom stereocenters. The van der Waals surface area contributed by atoms with E-state index in [1.54, 1.807) is 6.07 Å². The van der Waals surface area contributed by atoms with Crippen LogP contribution in [0.25, 0.3) is 0 Å². The van der Waals surface area contributed by atoms with Gasteiger partial charge >= 0.3 is 0 Å². The first-order valence-corrected chi connectivity index (χ1v) is 7.42. The highest BCUT2D eigenvalue weighted by molar-refractivity contribution is 5.37. The molecule has 112 valence electrons. The van der Waals surface area contributed by atoms with Crippen LogP contribution in [0.2, 0.25) is 0 Å². The quantitative estimate of drug-likeness (QED) is 0.897. The van der Waals surface area contributed by atoms with Crippen LogP contribution >= 0.6 is 0 Å². The van der Waals surface area contributed by atoms with Crippen molar-refractivity contribution in [3.63, 3.8) is 0 Å². The minimum absolute atomic E-state index is 0.0739. The molecule has 1 aromatic rings. The smallest absolute Gasteiger partial charge is 0.165 e. The number of likely N-dealkylation sites (N-methyl/N-ethyl adjacent to an activating group) is 1. The fourth-order valence-corrected chi connectivity index (χ4v) is 2.71. The van der Waals surface area contributed by atoms with E-state index in [9.17, 15) is 4.39 Å². The highest BCUT2D eigenvalue weighted by atomic mass is 19.1. The van der Waals surface area contributed by atoms with Gasteiger partial charge in [0.1, 0.15) is 6.61 Å². The lowest BCUT2D eigenvalue weighted by Gasteiger charge is -2.32. The molecule has 0 radical (unpaired) electrons. The maximum absolute atomic E-state index is 14.0. The van der Waals surface area contributed by atoms with Crippen LogP contribution in [-0.4, -0.2) is 38.2 Å². The summed E-state index contributed by atoms with van der Waals surface area (Å²) in [6.45, 7) is 3.67. The fraction of sp³-hybridized carbons (Fsp3) is 0.625. The number of hydrogen-bond donors (Lipinski definition) is 1. The summed E-state index contributed by atoms with van der Waals surface area (Å²) in [5, 5.41) is 3.14. The SMILES string of the molecule is CNC(C)c1cccc(F)c1OCC1CCCCN1C. The maximum atomic E-state index is 14.0. The third-order valence-corrected chi connectivity index (χ3v) is 4.24. The van der Waals surface area contributed by atoms with E-state index in [-0.39, 0.29) is 11.9 Å². The number of rotatable bonds is 5. The van der Waals surface area contributed by atoms with E-state index in [1.807, 2.05) is 20.0 Å². The molecule has 1 heterocycles. The largest absolute Gasteiger partial charge is 0.489 e. The van der Waals surface area contributed by atoms with Gasteiger partial charge in [-0.15, -0.1) is 0 Å². The molecule has 2 unspecified atom stereocenters. The second-order valence-corrected chi connectivity index (χ2v) is 5.61. The standard InChI is InChI=1S/C16H25FN2O/c1-12(18-2)14-8-6-9-15(17)16(14)20-11-13-7-4-5-10-19(13)3/h6,8-9,12-13,18H,4-5,7,10-11H2,1-3H3. The first kappa shape index (κ1) is 15.3. The first-order valence-electron chi connectivity index (χ1n) is 7.42. The molecule has 0 aromatic heterocycles. The first-order chi connectivity index (χ1) is 9.63. The maximum Gasteiger partial charge on any atom is 0.165 e. The summed E-state index contributed by atoms with van der Waals surface area (Å²) < 4.78 is 19.9. The van der Waals surface area contributed by atoms with E-state index in [0.29, 0.717) is 18.4 Å². The number of ether oxygens (including phenoxy) is 1. The highest BCUT2D eigenvalue weighted by Gasteiger charge is 2.21. The Hall–Kier alpha value is -1.13. The molecule has 0 spiro atoms. The highest BCUT2D eigenvalue weighted by Crippen LogP contribution is 2.28. The molecule has 0 aliphatic carbocycles. The Morgan fingerprint density at radius 3 is 2.95 bits per heavy atom. The van der Waals surface area contributed by atoms with Gasteiger partial charge in [-0.05, 0) is 46.5 Å². The van der Waals surface area contributed by atoms with Crippen LogP contribution in [0.15, 0.2) is 18.2 Å². The van der Waals surface area contributed by atoms with E-state index < -0.39 is 0 Å². The van der Waals surface area contributed by atoms with Gasteiger partial charge in [-0.2, -0.15) is 0 Å². The van der Waals surface area contributed by atoms with Crippen molar-refractivity contribution in [2.45, 2.75) is 38.3 Å². The van der Waals surface area contributed by atoms with Gasteiger partial charge in [0, 0.05) is 17.6 Å². The van der Waals surface area contributed by atoms with Gasteiger partial charge in [0.25, 0.3) is 0 Å². The molecule has 1 fully saturated rings. The Bertz CT molecular complexity index is 438. The second-order valence-electron chi connectivity index (χ2n) is 5.61. The minimum Gasteiger partial charge on any atom is -0.489 e. The predicted octanol–water partition coefficient (Wildman–Crippen LogP) is 2.97. The van der Waals surface area contributed by atoms with Crippen molar-refractivity contribution in [2.75, 3.05) is 27.2 Å². The summed E-state index contributed by atoms with van der Waals surface area (Å²) >= 11 is 0. The van der Waals surface area contributed by atoms with Crippen molar-refractivity contribution in [2.24, 2.45) is 0 Å². The van der Waals surface area contributed by atoms with Crippen molar-refractivity contribution >= 4 is 0 Å². The summed E-state index contributed by atoms with van der Waals surface area (Å²) in [4.78, 5) is 2.31. The minimum atomic E-state index is -0.275. The third kappa shape index (κ3) is 3.49. The topological polar surface area (TPSA) is 24.5 Å². The Balaban J connectivity index is 2.08. The molecule has 1 aliphatic rings. The van der Waals surface area contributed by atoms with E-state index >= 15 is 0 Å². The van der Waals surface area contributed by atoms with Crippen LogP contribution in [0, 0.1) is 5.82 Å². The molecule has 1 saturated heterocycles. The summed E-state index contributed by atoms with van der Waals surface area (Å²) in [6, 6.07) is 5.58. The number of hydrogen-bond acceptors (Lipinski definition) is 3. The predicted molar refractivity (Wildman–Crippen MR) is 79.6 cm³/mol. The van der Waals surface area contributed by atoms with E-state index in [2.05, 4.69) is 17.3 Å². The Kier molecular flexibility index (Phi) is 5.38. The molecule has 2 rings (SSSR count). The molecular weight excluding hydrogens is 255 g/mol. The number of piperidine rings is 1. The van der Waals surface area contributed by atoms with Crippen molar-refractivity contribution < 1.29 is 9.13 Å². The van der Waals surface area contributed by atoms with E-state index in [1.165, 1.54) is 18.9 Å². The Morgan fingerprint density at radius 1 is 1.45 bits per heavy atom. The Labute approximate surface area is 121 Å². The summed E-state index contributed by atoms with van der Waals surface area (Å²) in [7, 11) is 3.99. The molecule has 3 nitrogen and oxygen atoms in total. The third-order valence-electron chi connectivity index (χ3n) is 4.24. The molecular formula is C16H25FN2O. The van der Waals surface area contributed by atoms with Crippen molar-refractivity contribution in [1.82, 2.24) is 10.2 Å². The van der Waals surface area contributed by atoms with Gasteiger partial charge in [-0.25, -0.2) is 4.39 Å².